The topological polar surface area (TPSA) is 55.6 Å². The zero-order valence-corrected chi connectivity index (χ0v) is 9.88. The molecule has 2 N–H and O–H groups in total. The van der Waals surface area contributed by atoms with Crippen LogP contribution in [-0.2, 0) is 0 Å². The molecule has 6 heteroatoms. The standard InChI is InChI=1S/C8H9BrN2O2S/c1-13-7-4-5(2-3-6(7)9)11(14)8(10)12/h2-4,14H,1H3,(H2,10,12). The summed E-state index contributed by atoms with van der Waals surface area (Å²) in [5.74, 6) is 0.614. The monoisotopic (exact) mass is 276 g/mol. The number of carbonyl (C=O) groups excluding carboxylic acids is 1. The molecule has 0 atom stereocenters. The van der Waals surface area contributed by atoms with Gasteiger partial charge in [0.05, 0.1) is 17.3 Å². The molecule has 2 amide bonds. The third kappa shape index (κ3) is 2.33. The number of primary amides is 1. The number of rotatable bonds is 2. The Kier molecular flexibility index (Phi) is 3.65. The SMILES string of the molecule is COc1cc(N(S)C(N)=O)ccc1Br. The van der Waals surface area contributed by atoms with E-state index in [-0.39, 0.29) is 0 Å². The van der Waals surface area contributed by atoms with Gasteiger partial charge in [-0.25, -0.2) is 9.10 Å². The van der Waals surface area contributed by atoms with E-state index in [1.807, 2.05) is 0 Å². The van der Waals surface area contributed by atoms with Crippen LogP contribution in [0.4, 0.5) is 10.5 Å². The molecule has 0 bridgehead atoms. The molecular formula is C8H9BrN2O2S. The summed E-state index contributed by atoms with van der Waals surface area (Å²) in [4.78, 5) is 10.8. The van der Waals surface area contributed by atoms with Crippen molar-refractivity contribution in [1.82, 2.24) is 0 Å². The van der Waals surface area contributed by atoms with Crippen LogP contribution < -0.4 is 14.8 Å². The van der Waals surface area contributed by atoms with Gasteiger partial charge in [-0.3, -0.25) is 0 Å². The first-order chi connectivity index (χ1) is 6.56. The number of thiol groups is 1. The molecule has 0 aliphatic carbocycles. The van der Waals surface area contributed by atoms with E-state index in [1.54, 1.807) is 18.2 Å². The largest absolute Gasteiger partial charge is 0.495 e. The van der Waals surface area contributed by atoms with Gasteiger partial charge in [-0.05, 0) is 28.1 Å². The van der Waals surface area contributed by atoms with Gasteiger partial charge < -0.3 is 10.5 Å². The average Bonchev–Trinajstić information content (AvgIpc) is 2.17. The molecule has 4 nitrogen and oxygen atoms in total. The molecule has 0 radical (unpaired) electrons. The highest BCUT2D eigenvalue weighted by Crippen LogP contribution is 2.30. The van der Waals surface area contributed by atoms with Crippen molar-refractivity contribution in [2.45, 2.75) is 0 Å². The van der Waals surface area contributed by atoms with Gasteiger partial charge in [0.1, 0.15) is 5.75 Å². The summed E-state index contributed by atoms with van der Waals surface area (Å²) in [5, 5.41) is 0. The molecular weight excluding hydrogens is 268 g/mol. The number of anilines is 1. The highest BCUT2D eigenvalue weighted by atomic mass is 79.9. The number of urea groups is 1. The minimum atomic E-state index is -0.641. The Morgan fingerprint density at radius 2 is 2.29 bits per heavy atom. The fourth-order valence-electron chi connectivity index (χ4n) is 0.907. The summed E-state index contributed by atoms with van der Waals surface area (Å²) in [6, 6.07) is 4.46. The Hall–Kier alpha value is -0.880. The number of nitrogens with two attached hydrogens (primary N) is 1. The summed E-state index contributed by atoms with van der Waals surface area (Å²) < 4.78 is 6.89. The van der Waals surface area contributed by atoms with Gasteiger partial charge in [0.25, 0.3) is 0 Å². The van der Waals surface area contributed by atoms with Crippen LogP contribution in [-0.4, -0.2) is 13.1 Å². The van der Waals surface area contributed by atoms with E-state index in [4.69, 9.17) is 10.5 Å². The zero-order chi connectivity index (χ0) is 10.7. The molecule has 76 valence electrons. The molecule has 1 aromatic rings. The maximum atomic E-state index is 10.8. The first kappa shape index (κ1) is 11.2. The molecule has 0 fully saturated rings. The van der Waals surface area contributed by atoms with E-state index in [0.29, 0.717) is 11.4 Å². The van der Waals surface area contributed by atoms with Gasteiger partial charge in [0.2, 0.25) is 0 Å². The van der Waals surface area contributed by atoms with Gasteiger partial charge in [-0.2, -0.15) is 0 Å². The lowest BCUT2D eigenvalue weighted by Gasteiger charge is -2.14. The second-order valence-corrected chi connectivity index (χ2v) is 3.72. The molecule has 0 aliphatic rings. The van der Waals surface area contributed by atoms with Crippen LogP contribution in [0.3, 0.4) is 0 Å². The number of halogens is 1. The van der Waals surface area contributed by atoms with E-state index in [9.17, 15) is 4.79 Å². The Morgan fingerprint density at radius 1 is 1.64 bits per heavy atom. The van der Waals surface area contributed by atoms with Crippen LogP contribution in [0.5, 0.6) is 5.75 Å². The minimum Gasteiger partial charge on any atom is -0.495 e. The maximum Gasteiger partial charge on any atom is 0.329 e. The van der Waals surface area contributed by atoms with Crippen molar-refractivity contribution in [3.05, 3.63) is 22.7 Å². The van der Waals surface area contributed by atoms with Crippen LogP contribution in [0.2, 0.25) is 0 Å². The molecule has 0 heterocycles. The molecule has 1 rings (SSSR count). The van der Waals surface area contributed by atoms with Crippen molar-refractivity contribution in [2.24, 2.45) is 5.73 Å². The predicted octanol–water partition coefficient (Wildman–Crippen LogP) is 2.19. The Morgan fingerprint density at radius 3 is 2.79 bits per heavy atom. The molecule has 0 aliphatic heterocycles. The molecule has 0 saturated carbocycles. The fourth-order valence-corrected chi connectivity index (χ4v) is 1.44. The van der Waals surface area contributed by atoms with E-state index in [2.05, 4.69) is 28.7 Å². The van der Waals surface area contributed by atoms with Crippen molar-refractivity contribution < 1.29 is 9.53 Å². The lowest BCUT2D eigenvalue weighted by molar-refractivity contribution is 0.257. The Labute approximate surface area is 95.7 Å². The predicted molar refractivity (Wildman–Crippen MR) is 61.7 cm³/mol. The highest BCUT2D eigenvalue weighted by Gasteiger charge is 2.09. The average molecular weight is 277 g/mol. The third-order valence-corrected chi connectivity index (χ3v) is 2.67. The van der Waals surface area contributed by atoms with E-state index >= 15 is 0 Å². The molecule has 14 heavy (non-hydrogen) atoms. The van der Waals surface area contributed by atoms with E-state index in [1.165, 1.54) is 7.11 Å². The first-order valence-corrected chi connectivity index (χ1v) is 4.87. The van der Waals surface area contributed by atoms with Crippen molar-refractivity contribution in [1.29, 1.82) is 0 Å². The number of carbonyl (C=O) groups is 1. The van der Waals surface area contributed by atoms with Crippen LogP contribution in [0.15, 0.2) is 22.7 Å². The van der Waals surface area contributed by atoms with Gasteiger partial charge in [0.15, 0.2) is 0 Å². The summed E-state index contributed by atoms with van der Waals surface area (Å²) in [6.07, 6.45) is 0. The number of hydrogen-bond donors (Lipinski definition) is 2. The van der Waals surface area contributed by atoms with Gasteiger partial charge >= 0.3 is 6.03 Å². The maximum absolute atomic E-state index is 10.8. The second kappa shape index (κ2) is 4.56. The summed E-state index contributed by atoms with van der Waals surface area (Å²) in [7, 11) is 1.54. The Bertz CT molecular complexity index is 359. The zero-order valence-electron chi connectivity index (χ0n) is 7.40. The number of amides is 2. The van der Waals surface area contributed by atoms with Crippen LogP contribution in [0, 0.1) is 0 Å². The molecule has 0 unspecified atom stereocenters. The van der Waals surface area contributed by atoms with Crippen LogP contribution in [0.25, 0.3) is 0 Å². The van der Waals surface area contributed by atoms with Crippen molar-refractivity contribution >= 4 is 40.5 Å². The fraction of sp³-hybridized carbons (Fsp3) is 0.125. The minimum absolute atomic E-state index is 0.556. The number of benzene rings is 1. The third-order valence-electron chi connectivity index (χ3n) is 1.59. The second-order valence-electron chi connectivity index (χ2n) is 2.47. The van der Waals surface area contributed by atoms with Crippen molar-refractivity contribution in [3.63, 3.8) is 0 Å². The highest BCUT2D eigenvalue weighted by molar-refractivity contribution is 9.10. The molecule has 1 aromatic carbocycles. The smallest absolute Gasteiger partial charge is 0.329 e. The number of hydrogen-bond acceptors (Lipinski definition) is 3. The van der Waals surface area contributed by atoms with Gasteiger partial charge in [-0.1, -0.05) is 12.8 Å². The first-order valence-electron chi connectivity index (χ1n) is 3.68. The molecule has 0 spiro atoms. The lowest BCUT2D eigenvalue weighted by atomic mass is 10.3. The molecule has 0 saturated heterocycles. The van der Waals surface area contributed by atoms with Gasteiger partial charge in [-0.15, -0.1) is 0 Å². The van der Waals surface area contributed by atoms with E-state index < -0.39 is 6.03 Å². The normalized spacial score (nSPS) is 9.64. The van der Waals surface area contributed by atoms with Crippen LogP contribution >= 0.6 is 28.7 Å². The van der Waals surface area contributed by atoms with E-state index in [0.717, 1.165) is 8.78 Å². The number of ether oxygens (including phenoxy) is 1. The summed E-state index contributed by atoms with van der Waals surface area (Å²) in [6.45, 7) is 0. The summed E-state index contributed by atoms with van der Waals surface area (Å²) >= 11 is 7.21. The number of methoxy groups -OCH3 is 1. The molecule has 0 aromatic heterocycles. The summed E-state index contributed by atoms with van der Waals surface area (Å²) in [5.41, 5.74) is 5.61. The van der Waals surface area contributed by atoms with Crippen LogP contribution in [0.1, 0.15) is 0 Å². The Balaban J connectivity index is 3.06. The van der Waals surface area contributed by atoms with Crippen molar-refractivity contribution in [3.8, 4) is 5.75 Å². The van der Waals surface area contributed by atoms with Crippen molar-refractivity contribution in [2.75, 3.05) is 11.4 Å². The lowest BCUT2D eigenvalue weighted by Crippen LogP contribution is -2.27. The van der Waals surface area contributed by atoms with Gasteiger partial charge in [0, 0.05) is 6.07 Å². The number of nitrogens with zero attached hydrogens (tertiary/aromatic N) is 1. The quantitative estimate of drug-likeness (QED) is 0.814.